The number of hydrogen-bond donors (Lipinski definition) is 0. The number of carbonyl (C=O) groups excluding carboxylic acids is 1. The molecule has 0 atom stereocenters. The summed E-state index contributed by atoms with van der Waals surface area (Å²) in [5.74, 6) is 0.00265. The van der Waals surface area contributed by atoms with E-state index in [1.165, 1.54) is 23.9 Å². The fourth-order valence-corrected chi connectivity index (χ4v) is 3.76. The molecule has 0 aliphatic rings. The Hall–Kier alpha value is -2.40. The average molecular weight is 368 g/mol. The molecule has 0 saturated heterocycles. The first-order chi connectivity index (χ1) is 12.4. The number of halogens is 1. The van der Waals surface area contributed by atoms with E-state index in [1.807, 2.05) is 31.2 Å². The zero-order valence-electron chi connectivity index (χ0n) is 15.1. The minimum atomic E-state index is -0.288. The molecule has 0 bridgehead atoms. The molecule has 0 saturated carbocycles. The third kappa shape index (κ3) is 4.22. The summed E-state index contributed by atoms with van der Waals surface area (Å²) in [6, 6.07) is 14.5. The smallest absolute Gasteiger partial charge is 0.233 e. The van der Waals surface area contributed by atoms with Gasteiger partial charge in [-0.3, -0.25) is 4.79 Å². The molecule has 5 heteroatoms. The normalized spacial score (nSPS) is 10.9. The van der Waals surface area contributed by atoms with Gasteiger partial charge in [0.1, 0.15) is 5.82 Å². The van der Waals surface area contributed by atoms with Crippen molar-refractivity contribution in [1.29, 1.82) is 0 Å². The van der Waals surface area contributed by atoms with Gasteiger partial charge < -0.3 is 4.90 Å². The molecule has 3 aromatic rings. The van der Waals surface area contributed by atoms with Gasteiger partial charge in [0.15, 0.2) is 0 Å². The number of aryl methyl sites for hydroxylation is 2. The van der Waals surface area contributed by atoms with E-state index in [-0.39, 0.29) is 11.7 Å². The van der Waals surface area contributed by atoms with Crippen molar-refractivity contribution in [2.45, 2.75) is 25.4 Å². The molecule has 134 valence electrons. The van der Waals surface area contributed by atoms with E-state index in [4.69, 9.17) is 4.98 Å². The van der Waals surface area contributed by atoms with Crippen LogP contribution in [0.2, 0.25) is 0 Å². The molecule has 0 N–H and O–H groups in total. The topological polar surface area (TPSA) is 33.2 Å². The number of para-hydroxylation sites is 1. The summed E-state index contributed by atoms with van der Waals surface area (Å²) < 4.78 is 13.3. The first-order valence-corrected chi connectivity index (χ1v) is 9.41. The second-order valence-electron chi connectivity index (χ2n) is 6.42. The van der Waals surface area contributed by atoms with Gasteiger partial charge in [-0.1, -0.05) is 42.1 Å². The van der Waals surface area contributed by atoms with Crippen LogP contribution >= 0.6 is 11.8 Å². The van der Waals surface area contributed by atoms with Gasteiger partial charge in [-0.2, -0.15) is 0 Å². The second-order valence-corrected chi connectivity index (χ2v) is 7.41. The third-order valence-corrected chi connectivity index (χ3v) is 5.20. The van der Waals surface area contributed by atoms with Crippen LogP contribution < -0.4 is 0 Å². The zero-order valence-corrected chi connectivity index (χ0v) is 15.9. The van der Waals surface area contributed by atoms with E-state index in [9.17, 15) is 9.18 Å². The Labute approximate surface area is 157 Å². The Morgan fingerprint density at radius 2 is 1.88 bits per heavy atom. The lowest BCUT2D eigenvalue weighted by Crippen LogP contribution is -2.27. The average Bonchev–Trinajstić information content (AvgIpc) is 2.60. The van der Waals surface area contributed by atoms with Crippen molar-refractivity contribution in [3.05, 3.63) is 71.0 Å². The number of thioether (sulfide) groups is 1. The minimum Gasteiger partial charge on any atom is -0.341 e. The van der Waals surface area contributed by atoms with Gasteiger partial charge in [0.2, 0.25) is 5.91 Å². The SMILES string of the molecule is Cc1cc(SCC(=O)N(C)Cc2cccc(F)c2)nc2c(C)cccc12. The largest absolute Gasteiger partial charge is 0.341 e. The van der Waals surface area contributed by atoms with Crippen molar-refractivity contribution in [3.63, 3.8) is 0 Å². The fourth-order valence-electron chi connectivity index (χ4n) is 2.85. The van der Waals surface area contributed by atoms with E-state index >= 15 is 0 Å². The standard InChI is InChI=1S/C21H21FN2OS/c1-14-6-4-9-18-15(2)10-19(23-21(14)18)26-13-20(25)24(3)12-16-7-5-8-17(22)11-16/h4-11H,12-13H2,1-3H3. The summed E-state index contributed by atoms with van der Waals surface area (Å²) in [5.41, 5.74) is 4.04. The number of carbonyl (C=O) groups is 1. The van der Waals surface area contributed by atoms with E-state index in [0.717, 1.165) is 32.6 Å². The maximum Gasteiger partial charge on any atom is 0.233 e. The number of hydrogen-bond acceptors (Lipinski definition) is 3. The summed E-state index contributed by atoms with van der Waals surface area (Å²) in [5, 5.41) is 1.99. The number of rotatable bonds is 5. The number of pyridine rings is 1. The molecule has 1 aromatic heterocycles. The first-order valence-electron chi connectivity index (χ1n) is 8.42. The molecule has 0 aliphatic heterocycles. The van der Waals surface area contributed by atoms with E-state index < -0.39 is 0 Å². The van der Waals surface area contributed by atoms with E-state index in [2.05, 4.69) is 13.0 Å². The Bertz CT molecular complexity index is 958. The van der Waals surface area contributed by atoms with Crippen LogP contribution in [0.5, 0.6) is 0 Å². The van der Waals surface area contributed by atoms with Crippen LogP contribution in [0.15, 0.2) is 53.6 Å². The van der Waals surface area contributed by atoms with Gasteiger partial charge in [-0.25, -0.2) is 9.37 Å². The number of benzene rings is 2. The quantitative estimate of drug-likeness (QED) is 0.610. The predicted molar refractivity (Wildman–Crippen MR) is 105 cm³/mol. The Balaban J connectivity index is 1.67. The van der Waals surface area contributed by atoms with E-state index in [1.54, 1.807) is 18.0 Å². The number of nitrogens with zero attached hydrogens (tertiary/aromatic N) is 2. The van der Waals surface area contributed by atoms with Crippen LogP contribution in [0.1, 0.15) is 16.7 Å². The molecule has 0 unspecified atom stereocenters. The van der Waals surface area contributed by atoms with Gasteiger partial charge >= 0.3 is 0 Å². The second kappa shape index (κ2) is 7.87. The lowest BCUT2D eigenvalue weighted by atomic mass is 10.1. The van der Waals surface area contributed by atoms with Crippen molar-refractivity contribution in [3.8, 4) is 0 Å². The third-order valence-electron chi connectivity index (χ3n) is 4.30. The molecule has 0 fully saturated rings. The molecule has 3 rings (SSSR count). The van der Waals surface area contributed by atoms with Crippen molar-refractivity contribution in [2.24, 2.45) is 0 Å². The zero-order chi connectivity index (χ0) is 18.7. The van der Waals surface area contributed by atoms with Crippen molar-refractivity contribution >= 4 is 28.6 Å². The lowest BCUT2D eigenvalue weighted by Gasteiger charge is -2.17. The Morgan fingerprint density at radius 3 is 2.65 bits per heavy atom. The van der Waals surface area contributed by atoms with Crippen molar-refractivity contribution in [1.82, 2.24) is 9.88 Å². The number of amides is 1. The van der Waals surface area contributed by atoms with Gasteiger partial charge in [-0.15, -0.1) is 0 Å². The maximum atomic E-state index is 13.3. The van der Waals surface area contributed by atoms with Gasteiger partial charge in [0, 0.05) is 19.0 Å². The molecule has 0 aliphatic carbocycles. The van der Waals surface area contributed by atoms with Gasteiger partial charge in [-0.05, 0) is 48.7 Å². The van der Waals surface area contributed by atoms with Crippen LogP contribution in [0, 0.1) is 19.7 Å². The highest BCUT2D eigenvalue weighted by Crippen LogP contribution is 2.25. The van der Waals surface area contributed by atoms with Crippen LogP contribution in [0.4, 0.5) is 4.39 Å². The van der Waals surface area contributed by atoms with Crippen LogP contribution in [-0.2, 0) is 11.3 Å². The summed E-state index contributed by atoms with van der Waals surface area (Å²) in [6.45, 7) is 4.49. The highest BCUT2D eigenvalue weighted by molar-refractivity contribution is 7.99. The van der Waals surface area contributed by atoms with Crippen molar-refractivity contribution in [2.75, 3.05) is 12.8 Å². The van der Waals surface area contributed by atoms with E-state index in [0.29, 0.717) is 12.3 Å². The Kier molecular flexibility index (Phi) is 5.57. The maximum absolute atomic E-state index is 13.3. The van der Waals surface area contributed by atoms with Crippen LogP contribution in [0.3, 0.4) is 0 Å². The molecular formula is C21H21FN2OS. The highest BCUT2D eigenvalue weighted by Gasteiger charge is 2.12. The summed E-state index contributed by atoms with van der Waals surface area (Å²) in [4.78, 5) is 18.7. The van der Waals surface area contributed by atoms with Crippen LogP contribution in [-0.4, -0.2) is 28.6 Å². The molecule has 1 amide bonds. The molecule has 0 radical (unpaired) electrons. The molecular weight excluding hydrogens is 347 g/mol. The molecule has 26 heavy (non-hydrogen) atoms. The fraction of sp³-hybridized carbons (Fsp3) is 0.238. The van der Waals surface area contributed by atoms with Crippen LogP contribution in [0.25, 0.3) is 10.9 Å². The number of aromatic nitrogens is 1. The monoisotopic (exact) mass is 368 g/mol. The van der Waals surface area contributed by atoms with Gasteiger partial charge in [0.05, 0.1) is 16.3 Å². The minimum absolute atomic E-state index is 0.0106. The van der Waals surface area contributed by atoms with Crippen molar-refractivity contribution < 1.29 is 9.18 Å². The molecule has 0 spiro atoms. The molecule has 1 heterocycles. The summed E-state index contributed by atoms with van der Waals surface area (Å²) in [7, 11) is 1.73. The number of fused-ring (bicyclic) bond motifs is 1. The highest BCUT2D eigenvalue weighted by atomic mass is 32.2. The summed E-state index contributed by atoms with van der Waals surface area (Å²) in [6.07, 6.45) is 0. The lowest BCUT2D eigenvalue weighted by molar-refractivity contribution is -0.127. The Morgan fingerprint density at radius 1 is 1.12 bits per heavy atom. The first kappa shape index (κ1) is 18.4. The van der Waals surface area contributed by atoms with Gasteiger partial charge in [0.25, 0.3) is 0 Å². The molecule has 2 aromatic carbocycles. The predicted octanol–water partition coefficient (Wildman–Crippen LogP) is 4.74. The molecule has 3 nitrogen and oxygen atoms in total. The summed E-state index contributed by atoms with van der Waals surface area (Å²) >= 11 is 1.43.